The Bertz CT molecular complexity index is 689. The Balaban J connectivity index is 1.75. The van der Waals surface area contributed by atoms with Crippen molar-refractivity contribution in [2.45, 2.75) is 19.1 Å². The quantitative estimate of drug-likeness (QED) is 0.918. The Morgan fingerprint density at radius 3 is 2.48 bits per heavy atom. The molecule has 1 aliphatic heterocycles. The van der Waals surface area contributed by atoms with E-state index in [1.807, 2.05) is 54.6 Å². The van der Waals surface area contributed by atoms with Gasteiger partial charge in [-0.25, -0.2) is 0 Å². The maximum atomic E-state index is 12.7. The zero-order valence-electron chi connectivity index (χ0n) is 12.5. The number of fused-ring (bicyclic) bond motifs is 1. The summed E-state index contributed by atoms with van der Waals surface area (Å²) in [5, 5.41) is 9.09. The Kier molecular flexibility index (Phi) is 4.28. The summed E-state index contributed by atoms with van der Waals surface area (Å²) in [6.07, 6.45) is -0.185. The number of amides is 1. The second-order valence-electron chi connectivity index (χ2n) is 5.49. The minimum absolute atomic E-state index is 0.252. The molecule has 0 spiro atoms. The van der Waals surface area contributed by atoms with Crippen LogP contribution in [0.5, 0.6) is 5.75 Å². The number of hydrogen-bond acceptors (Lipinski definition) is 3. The summed E-state index contributed by atoms with van der Waals surface area (Å²) in [5.41, 5.74) is 1.86. The lowest BCUT2D eigenvalue weighted by Crippen LogP contribution is -2.43. The predicted molar refractivity (Wildman–Crippen MR) is 84.1 cm³/mol. The second-order valence-corrected chi connectivity index (χ2v) is 5.49. The van der Waals surface area contributed by atoms with Gasteiger partial charge in [-0.15, -0.1) is 0 Å². The van der Waals surface area contributed by atoms with Crippen LogP contribution in [0.4, 0.5) is 0 Å². The minimum atomic E-state index is -1.04. The fourth-order valence-electron chi connectivity index (χ4n) is 2.70. The monoisotopic (exact) mass is 311 g/mol. The number of nitrogens with zero attached hydrogens (tertiary/aromatic N) is 1. The number of carboxylic acids is 1. The van der Waals surface area contributed by atoms with Crippen molar-refractivity contribution in [1.82, 2.24) is 4.90 Å². The maximum absolute atomic E-state index is 12.7. The van der Waals surface area contributed by atoms with E-state index in [-0.39, 0.29) is 19.0 Å². The SMILES string of the molecule is O=C(O)CN(Cc1ccccc1)C(=O)C1Cc2ccccc2O1. The van der Waals surface area contributed by atoms with Crippen molar-refractivity contribution >= 4 is 11.9 Å². The maximum Gasteiger partial charge on any atom is 0.323 e. The molecule has 1 atom stereocenters. The number of carboxylic acid groups (broad SMARTS) is 1. The fraction of sp³-hybridized carbons (Fsp3) is 0.222. The van der Waals surface area contributed by atoms with E-state index >= 15 is 0 Å². The van der Waals surface area contributed by atoms with Gasteiger partial charge in [0.2, 0.25) is 0 Å². The van der Waals surface area contributed by atoms with Crippen LogP contribution in [-0.2, 0) is 22.6 Å². The van der Waals surface area contributed by atoms with E-state index in [4.69, 9.17) is 9.84 Å². The molecule has 1 N–H and O–H groups in total. The summed E-state index contributed by atoms with van der Waals surface area (Å²) in [5.74, 6) is -0.641. The Labute approximate surface area is 134 Å². The van der Waals surface area contributed by atoms with Gasteiger partial charge in [0.15, 0.2) is 6.10 Å². The van der Waals surface area contributed by atoms with Crippen LogP contribution >= 0.6 is 0 Å². The number of ether oxygens (including phenoxy) is 1. The molecule has 0 radical (unpaired) electrons. The molecule has 2 aromatic rings. The van der Waals surface area contributed by atoms with Gasteiger partial charge in [-0.1, -0.05) is 48.5 Å². The van der Waals surface area contributed by atoms with E-state index in [0.717, 1.165) is 11.1 Å². The minimum Gasteiger partial charge on any atom is -0.480 e. The topological polar surface area (TPSA) is 66.8 Å². The van der Waals surface area contributed by atoms with E-state index in [1.165, 1.54) is 4.90 Å². The zero-order valence-corrected chi connectivity index (χ0v) is 12.5. The van der Waals surface area contributed by atoms with Crippen LogP contribution in [-0.4, -0.2) is 34.5 Å². The smallest absolute Gasteiger partial charge is 0.323 e. The number of carbonyl (C=O) groups excluding carboxylic acids is 1. The molecular formula is C18H17NO4. The van der Waals surface area contributed by atoms with Gasteiger partial charge in [0, 0.05) is 13.0 Å². The molecule has 5 heteroatoms. The van der Waals surface area contributed by atoms with E-state index in [1.54, 1.807) is 0 Å². The number of rotatable bonds is 5. The lowest BCUT2D eigenvalue weighted by molar-refractivity contribution is -0.148. The van der Waals surface area contributed by atoms with Crippen LogP contribution in [0.1, 0.15) is 11.1 Å². The van der Waals surface area contributed by atoms with Crippen molar-refractivity contribution in [3.8, 4) is 5.75 Å². The van der Waals surface area contributed by atoms with Crippen LogP contribution in [0.3, 0.4) is 0 Å². The van der Waals surface area contributed by atoms with Crippen molar-refractivity contribution in [2.75, 3.05) is 6.54 Å². The molecule has 5 nitrogen and oxygen atoms in total. The van der Waals surface area contributed by atoms with Gasteiger partial charge in [-0.3, -0.25) is 9.59 Å². The Hall–Kier alpha value is -2.82. The Morgan fingerprint density at radius 2 is 1.78 bits per heavy atom. The van der Waals surface area contributed by atoms with Gasteiger partial charge in [-0.2, -0.15) is 0 Å². The first kappa shape index (κ1) is 15.1. The van der Waals surface area contributed by atoms with Crippen LogP contribution in [0.25, 0.3) is 0 Å². The summed E-state index contributed by atoms with van der Waals surface area (Å²) in [4.78, 5) is 25.1. The highest BCUT2D eigenvalue weighted by molar-refractivity contribution is 5.86. The first-order valence-corrected chi connectivity index (χ1v) is 7.42. The molecule has 0 aliphatic carbocycles. The van der Waals surface area contributed by atoms with Crippen molar-refractivity contribution < 1.29 is 19.4 Å². The number of para-hydroxylation sites is 1. The first-order chi connectivity index (χ1) is 11.1. The highest BCUT2D eigenvalue weighted by Crippen LogP contribution is 2.29. The second kappa shape index (κ2) is 6.52. The van der Waals surface area contributed by atoms with Crippen molar-refractivity contribution in [3.05, 3.63) is 65.7 Å². The van der Waals surface area contributed by atoms with Gasteiger partial charge in [0.1, 0.15) is 12.3 Å². The van der Waals surface area contributed by atoms with Gasteiger partial charge in [0.05, 0.1) is 0 Å². The predicted octanol–water partition coefficient (Wildman–Crippen LogP) is 2.10. The molecule has 3 rings (SSSR count). The lowest BCUT2D eigenvalue weighted by atomic mass is 10.1. The average Bonchev–Trinajstić information content (AvgIpc) is 2.98. The van der Waals surface area contributed by atoms with Gasteiger partial charge >= 0.3 is 5.97 Å². The molecule has 1 unspecified atom stereocenters. The van der Waals surface area contributed by atoms with E-state index in [9.17, 15) is 9.59 Å². The van der Waals surface area contributed by atoms with E-state index in [0.29, 0.717) is 12.2 Å². The summed E-state index contributed by atoms with van der Waals surface area (Å²) >= 11 is 0. The molecule has 1 heterocycles. The highest BCUT2D eigenvalue weighted by atomic mass is 16.5. The third-order valence-corrected chi connectivity index (χ3v) is 3.78. The van der Waals surface area contributed by atoms with Gasteiger partial charge < -0.3 is 14.7 Å². The van der Waals surface area contributed by atoms with Crippen molar-refractivity contribution in [1.29, 1.82) is 0 Å². The summed E-state index contributed by atoms with van der Waals surface area (Å²) in [7, 11) is 0. The van der Waals surface area contributed by atoms with Crippen LogP contribution < -0.4 is 4.74 Å². The van der Waals surface area contributed by atoms with Crippen LogP contribution in [0.15, 0.2) is 54.6 Å². The van der Waals surface area contributed by atoms with Gasteiger partial charge in [-0.05, 0) is 17.2 Å². The summed E-state index contributed by atoms with van der Waals surface area (Å²) in [6.45, 7) is -0.0912. The summed E-state index contributed by atoms with van der Waals surface area (Å²) < 4.78 is 5.68. The summed E-state index contributed by atoms with van der Waals surface area (Å²) in [6, 6.07) is 16.8. The third kappa shape index (κ3) is 3.51. The lowest BCUT2D eigenvalue weighted by Gasteiger charge is -2.23. The zero-order chi connectivity index (χ0) is 16.2. The average molecular weight is 311 g/mol. The number of aliphatic carboxylic acids is 1. The van der Waals surface area contributed by atoms with Crippen molar-refractivity contribution in [3.63, 3.8) is 0 Å². The molecule has 23 heavy (non-hydrogen) atoms. The number of benzene rings is 2. The molecule has 0 saturated heterocycles. The van der Waals surface area contributed by atoms with E-state index < -0.39 is 12.1 Å². The van der Waals surface area contributed by atoms with Crippen molar-refractivity contribution in [2.24, 2.45) is 0 Å². The highest BCUT2D eigenvalue weighted by Gasteiger charge is 2.33. The first-order valence-electron chi connectivity index (χ1n) is 7.42. The fourth-order valence-corrected chi connectivity index (χ4v) is 2.70. The molecule has 0 saturated carbocycles. The molecule has 118 valence electrons. The molecule has 1 amide bonds. The molecule has 0 fully saturated rings. The Morgan fingerprint density at radius 1 is 1.09 bits per heavy atom. The van der Waals surface area contributed by atoms with Crippen LogP contribution in [0, 0.1) is 0 Å². The largest absolute Gasteiger partial charge is 0.480 e. The standard InChI is InChI=1S/C18H17NO4/c20-17(21)12-19(11-13-6-2-1-3-7-13)18(22)16-10-14-8-4-5-9-15(14)23-16/h1-9,16H,10-12H2,(H,20,21). The van der Waals surface area contributed by atoms with E-state index in [2.05, 4.69) is 0 Å². The molecule has 1 aliphatic rings. The number of hydrogen-bond donors (Lipinski definition) is 1. The number of carbonyl (C=O) groups is 2. The molecule has 0 bridgehead atoms. The molecule has 0 aromatic heterocycles. The molecular weight excluding hydrogens is 294 g/mol. The molecule has 2 aromatic carbocycles. The third-order valence-electron chi connectivity index (χ3n) is 3.78. The van der Waals surface area contributed by atoms with Gasteiger partial charge in [0.25, 0.3) is 5.91 Å². The van der Waals surface area contributed by atoms with Crippen LogP contribution in [0.2, 0.25) is 0 Å². The normalized spacial score (nSPS) is 15.6.